The summed E-state index contributed by atoms with van der Waals surface area (Å²) in [7, 11) is 0. The minimum absolute atomic E-state index is 0.251. The minimum Gasteiger partial charge on any atom is -0.316 e. The third kappa shape index (κ3) is 3.72. The van der Waals surface area contributed by atoms with Crippen LogP contribution in [0.25, 0.3) is 11.3 Å². The molecule has 1 aromatic carbocycles. The van der Waals surface area contributed by atoms with Crippen molar-refractivity contribution in [1.29, 1.82) is 0 Å². The Hall–Kier alpha value is -2.08. The summed E-state index contributed by atoms with van der Waals surface area (Å²) < 4.78 is 0. The molecule has 1 aromatic heterocycles. The van der Waals surface area contributed by atoms with Gasteiger partial charge in [-0.15, -0.1) is 0 Å². The van der Waals surface area contributed by atoms with Gasteiger partial charge in [0.05, 0.1) is 11.4 Å². The third-order valence-corrected chi connectivity index (χ3v) is 3.23. The molecule has 0 spiro atoms. The van der Waals surface area contributed by atoms with E-state index in [1.165, 1.54) is 6.07 Å². The second-order valence-corrected chi connectivity index (χ2v) is 5.23. The highest BCUT2D eigenvalue weighted by atomic mass is 32.1. The number of rotatable bonds is 4. The molecule has 110 valence electrons. The van der Waals surface area contributed by atoms with Gasteiger partial charge in [0, 0.05) is 11.6 Å². The molecule has 6 heteroatoms. The zero-order valence-electron chi connectivity index (χ0n) is 11.9. The van der Waals surface area contributed by atoms with E-state index in [9.17, 15) is 9.59 Å². The molecule has 2 N–H and O–H groups in total. The van der Waals surface area contributed by atoms with Crippen molar-refractivity contribution in [2.75, 3.05) is 5.32 Å². The highest BCUT2D eigenvalue weighted by molar-refractivity contribution is 7.96. The molecule has 21 heavy (non-hydrogen) atoms. The fraction of sp³-hybridized carbons (Fsp3) is 0.267. The van der Waals surface area contributed by atoms with Gasteiger partial charge in [0.1, 0.15) is 0 Å². The summed E-state index contributed by atoms with van der Waals surface area (Å²) in [6.45, 7) is 3.90. The molecule has 2 rings (SSSR count). The molecular formula is C15H17N3O2S. The number of benzene rings is 1. The van der Waals surface area contributed by atoms with Crippen LogP contribution in [0.4, 0.5) is 10.5 Å². The van der Waals surface area contributed by atoms with Gasteiger partial charge in [0.25, 0.3) is 10.8 Å². The largest absolute Gasteiger partial charge is 0.316 e. The number of aromatic amines is 1. The van der Waals surface area contributed by atoms with Gasteiger partial charge >= 0.3 is 0 Å². The SMILES string of the molecule is CCCc1ccc(-c2n[nH]c(=O)cc2C)c(NC(=O)S)c1. The molecule has 1 heterocycles. The zero-order chi connectivity index (χ0) is 15.4. The van der Waals surface area contributed by atoms with Crippen molar-refractivity contribution in [2.45, 2.75) is 26.7 Å². The Balaban J connectivity index is 2.55. The van der Waals surface area contributed by atoms with Crippen molar-refractivity contribution in [1.82, 2.24) is 10.2 Å². The van der Waals surface area contributed by atoms with Crippen LogP contribution in [0.2, 0.25) is 0 Å². The van der Waals surface area contributed by atoms with Crippen molar-refractivity contribution in [3.05, 3.63) is 45.7 Å². The van der Waals surface area contributed by atoms with Crippen molar-refractivity contribution < 1.29 is 4.79 Å². The molecule has 0 aliphatic carbocycles. The molecule has 0 radical (unpaired) electrons. The number of hydrogen-bond donors (Lipinski definition) is 3. The standard InChI is InChI=1S/C15H17N3O2S/c1-3-4-10-5-6-11(12(8-10)16-15(20)21)14-9(2)7-13(19)17-18-14/h5-8H,3-4H2,1-2H3,(H,17,19)(H2,16,20,21). The normalized spacial score (nSPS) is 10.4. The van der Waals surface area contributed by atoms with Gasteiger partial charge < -0.3 is 5.32 Å². The molecule has 1 amide bonds. The Kier molecular flexibility index (Phi) is 4.80. The molecule has 0 bridgehead atoms. The van der Waals surface area contributed by atoms with E-state index in [2.05, 4.69) is 35.1 Å². The molecule has 0 saturated carbocycles. The molecule has 5 nitrogen and oxygen atoms in total. The summed E-state index contributed by atoms with van der Waals surface area (Å²) in [6.07, 6.45) is 1.94. The number of nitrogens with zero attached hydrogens (tertiary/aromatic N) is 1. The van der Waals surface area contributed by atoms with Gasteiger partial charge in [-0.1, -0.05) is 38.1 Å². The molecule has 0 aliphatic rings. The third-order valence-electron chi connectivity index (χ3n) is 3.12. The Bertz CT molecular complexity index is 725. The number of nitrogens with one attached hydrogen (secondary N) is 2. The zero-order valence-corrected chi connectivity index (χ0v) is 12.8. The Labute approximate surface area is 128 Å². The summed E-state index contributed by atoms with van der Waals surface area (Å²) >= 11 is 3.77. The summed E-state index contributed by atoms with van der Waals surface area (Å²) in [5, 5.41) is 8.77. The predicted octanol–water partition coefficient (Wildman–Crippen LogP) is 3.16. The molecule has 0 saturated heterocycles. The summed E-state index contributed by atoms with van der Waals surface area (Å²) in [6, 6.07) is 7.30. The van der Waals surface area contributed by atoms with Gasteiger partial charge in [-0.2, -0.15) is 5.10 Å². The monoisotopic (exact) mass is 303 g/mol. The van der Waals surface area contributed by atoms with Crippen LogP contribution in [0.15, 0.2) is 29.1 Å². The van der Waals surface area contributed by atoms with Crippen molar-refractivity contribution in [2.24, 2.45) is 0 Å². The average Bonchev–Trinajstić information content (AvgIpc) is 2.40. The maximum Gasteiger partial charge on any atom is 0.280 e. The Morgan fingerprint density at radius 3 is 2.76 bits per heavy atom. The van der Waals surface area contributed by atoms with Crippen LogP contribution in [0.1, 0.15) is 24.5 Å². The Morgan fingerprint density at radius 2 is 2.14 bits per heavy atom. The molecule has 0 fully saturated rings. The number of amides is 1. The first kappa shape index (κ1) is 15.3. The van der Waals surface area contributed by atoms with Gasteiger partial charge in [0.2, 0.25) is 0 Å². The maximum absolute atomic E-state index is 11.3. The van der Waals surface area contributed by atoms with Gasteiger partial charge in [-0.3, -0.25) is 9.59 Å². The smallest absolute Gasteiger partial charge is 0.280 e. The number of carbonyl (C=O) groups is 1. The van der Waals surface area contributed by atoms with E-state index in [4.69, 9.17) is 0 Å². The number of anilines is 1. The van der Waals surface area contributed by atoms with Crippen LogP contribution < -0.4 is 10.9 Å². The highest BCUT2D eigenvalue weighted by Crippen LogP contribution is 2.29. The number of carbonyl (C=O) groups excluding carboxylic acids is 1. The van der Waals surface area contributed by atoms with E-state index < -0.39 is 5.24 Å². The molecule has 2 aromatic rings. The molecule has 0 atom stereocenters. The first-order valence-corrected chi connectivity index (χ1v) is 7.15. The lowest BCUT2D eigenvalue weighted by atomic mass is 10.0. The van der Waals surface area contributed by atoms with E-state index in [1.54, 1.807) is 0 Å². The van der Waals surface area contributed by atoms with Gasteiger partial charge in [-0.25, -0.2) is 5.10 Å². The summed E-state index contributed by atoms with van der Waals surface area (Å²) in [5.74, 6) is 0. The molecular weight excluding hydrogens is 286 g/mol. The summed E-state index contributed by atoms with van der Waals surface area (Å²) in [5.41, 5.74) is 3.65. The van der Waals surface area contributed by atoms with E-state index >= 15 is 0 Å². The van der Waals surface area contributed by atoms with Crippen LogP contribution in [0, 0.1) is 6.92 Å². The first-order chi connectivity index (χ1) is 10.0. The predicted molar refractivity (Wildman–Crippen MR) is 87.0 cm³/mol. The van der Waals surface area contributed by atoms with E-state index in [1.807, 2.05) is 25.1 Å². The van der Waals surface area contributed by atoms with E-state index in [0.29, 0.717) is 11.4 Å². The van der Waals surface area contributed by atoms with Crippen LogP contribution in [-0.2, 0) is 6.42 Å². The highest BCUT2D eigenvalue weighted by Gasteiger charge is 2.12. The van der Waals surface area contributed by atoms with Crippen LogP contribution in [0.3, 0.4) is 0 Å². The lowest BCUT2D eigenvalue weighted by molar-refractivity contribution is 0.270. The number of aromatic nitrogens is 2. The number of aryl methyl sites for hydroxylation is 2. The number of H-pyrrole nitrogens is 1. The van der Waals surface area contributed by atoms with Crippen molar-refractivity contribution in [3.63, 3.8) is 0 Å². The quantitative estimate of drug-likeness (QED) is 0.759. The number of thiol groups is 1. The minimum atomic E-state index is -0.438. The second-order valence-electron chi connectivity index (χ2n) is 4.82. The number of hydrogen-bond acceptors (Lipinski definition) is 3. The lowest BCUT2D eigenvalue weighted by Crippen LogP contribution is -2.10. The lowest BCUT2D eigenvalue weighted by Gasteiger charge is -2.12. The Morgan fingerprint density at radius 1 is 1.38 bits per heavy atom. The second kappa shape index (κ2) is 6.58. The van der Waals surface area contributed by atoms with Crippen LogP contribution in [-0.4, -0.2) is 15.4 Å². The fourth-order valence-electron chi connectivity index (χ4n) is 2.23. The van der Waals surface area contributed by atoms with E-state index in [-0.39, 0.29) is 5.56 Å². The van der Waals surface area contributed by atoms with Crippen molar-refractivity contribution >= 4 is 23.6 Å². The maximum atomic E-state index is 11.3. The van der Waals surface area contributed by atoms with Gasteiger partial charge in [0.15, 0.2) is 0 Å². The topological polar surface area (TPSA) is 74.8 Å². The van der Waals surface area contributed by atoms with E-state index in [0.717, 1.165) is 29.5 Å². The molecule has 0 aliphatic heterocycles. The fourth-order valence-corrected chi connectivity index (χ4v) is 2.35. The van der Waals surface area contributed by atoms with Gasteiger partial charge in [-0.05, 0) is 30.5 Å². The summed E-state index contributed by atoms with van der Waals surface area (Å²) in [4.78, 5) is 22.6. The van der Waals surface area contributed by atoms with Crippen LogP contribution in [0.5, 0.6) is 0 Å². The molecule has 0 unspecified atom stereocenters. The van der Waals surface area contributed by atoms with Crippen molar-refractivity contribution in [3.8, 4) is 11.3 Å². The van der Waals surface area contributed by atoms with Crippen LogP contribution >= 0.6 is 12.6 Å². The first-order valence-electron chi connectivity index (χ1n) is 6.71. The average molecular weight is 303 g/mol.